The topological polar surface area (TPSA) is 77.2 Å². The third-order valence-corrected chi connectivity index (χ3v) is 2.71. The molecule has 1 aromatic heterocycles. The number of aromatic carboxylic acids is 1. The predicted molar refractivity (Wildman–Crippen MR) is 65.7 cm³/mol. The van der Waals surface area contributed by atoms with Crippen molar-refractivity contribution in [3.63, 3.8) is 0 Å². The van der Waals surface area contributed by atoms with Crippen molar-refractivity contribution in [1.29, 1.82) is 0 Å². The number of carbonyl (C=O) groups is 1. The molecule has 0 saturated heterocycles. The summed E-state index contributed by atoms with van der Waals surface area (Å²) in [6.45, 7) is 5.04. The van der Waals surface area contributed by atoms with Crippen molar-refractivity contribution in [1.82, 2.24) is 15.0 Å². The van der Waals surface area contributed by atoms with Crippen molar-refractivity contribution in [3.8, 4) is 0 Å². The van der Waals surface area contributed by atoms with Gasteiger partial charge in [-0.3, -0.25) is 0 Å². The van der Waals surface area contributed by atoms with Gasteiger partial charge in [0.2, 0.25) is 0 Å². The van der Waals surface area contributed by atoms with Crippen LogP contribution >= 0.6 is 0 Å². The number of rotatable bonds is 5. The van der Waals surface area contributed by atoms with Gasteiger partial charge in [-0.15, -0.1) is 5.10 Å². The van der Waals surface area contributed by atoms with E-state index in [-0.39, 0.29) is 11.6 Å². The normalized spacial score (nSPS) is 12.8. The summed E-state index contributed by atoms with van der Waals surface area (Å²) in [6, 6.07) is 5.04. The zero-order chi connectivity index (χ0) is 13.1. The van der Waals surface area contributed by atoms with E-state index in [1.54, 1.807) is 10.7 Å². The zero-order valence-electron chi connectivity index (χ0n) is 10.3. The van der Waals surface area contributed by atoms with E-state index in [0.717, 1.165) is 0 Å². The van der Waals surface area contributed by atoms with Gasteiger partial charge in [-0.05, 0) is 26.0 Å². The molecule has 0 aliphatic heterocycles. The number of carboxylic acid groups (broad SMARTS) is 1. The van der Waals surface area contributed by atoms with E-state index in [9.17, 15) is 4.79 Å². The van der Waals surface area contributed by atoms with Gasteiger partial charge in [-0.1, -0.05) is 11.3 Å². The first-order valence-electron chi connectivity index (χ1n) is 5.80. The second kappa shape index (κ2) is 5.14. The van der Waals surface area contributed by atoms with Crippen LogP contribution in [0.25, 0.3) is 11.0 Å². The summed E-state index contributed by atoms with van der Waals surface area (Å²) >= 11 is 0. The molecule has 2 aromatic rings. The second-order valence-corrected chi connectivity index (χ2v) is 4.02. The number of aromatic nitrogens is 3. The highest BCUT2D eigenvalue weighted by Gasteiger charge is 2.16. The number of fused-ring (bicyclic) bond motifs is 1. The SMILES string of the molecule is CCOCC(C)n1nnc2c(C(=O)O)cccc21. The molecule has 0 aliphatic rings. The molecule has 1 unspecified atom stereocenters. The summed E-state index contributed by atoms with van der Waals surface area (Å²) in [5, 5.41) is 17.0. The molecule has 0 radical (unpaired) electrons. The molecule has 0 aliphatic carbocycles. The molecule has 0 spiro atoms. The van der Waals surface area contributed by atoms with E-state index in [1.165, 1.54) is 6.07 Å². The Morgan fingerprint density at radius 3 is 3.00 bits per heavy atom. The van der Waals surface area contributed by atoms with E-state index < -0.39 is 5.97 Å². The molecule has 0 saturated carbocycles. The Morgan fingerprint density at radius 2 is 2.33 bits per heavy atom. The molecular weight excluding hydrogens is 234 g/mol. The lowest BCUT2D eigenvalue weighted by molar-refractivity contribution is 0.0699. The van der Waals surface area contributed by atoms with E-state index in [4.69, 9.17) is 9.84 Å². The quantitative estimate of drug-likeness (QED) is 0.873. The average Bonchev–Trinajstić information content (AvgIpc) is 2.79. The van der Waals surface area contributed by atoms with Gasteiger partial charge >= 0.3 is 5.97 Å². The van der Waals surface area contributed by atoms with Crippen molar-refractivity contribution < 1.29 is 14.6 Å². The smallest absolute Gasteiger partial charge is 0.338 e. The van der Waals surface area contributed by atoms with Crippen molar-refractivity contribution in [2.75, 3.05) is 13.2 Å². The van der Waals surface area contributed by atoms with Crippen LogP contribution in [0.1, 0.15) is 30.2 Å². The van der Waals surface area contributed by atoms with Gasteiger partial charge in [0.05, 0.1) is 23.7 Å². The summed E-state index contributed by atoms with van der Waals surface area (Å²) in [4.78, 5) is 11.1. The summed E-state index contributed by atoms with van der Waals surface area (Å²) in [7, 11) is 0. The van der Waals surface area contributed by atoms with Gasteiger partial charge in [0.1, 0.15) is 5.52 Å². The first kappa shape index (κ1) is 12.5. The van der Waals surface area contributed by atoms with E-state index >= 15 is 0 Å². The number of nitrogens with zero attached hydrogens (tertiary/aromatic N) is 3. The minimum Gasteiger partial charge on any atom is -0.478 e. The van der Waals surface area contributed by atoms with Crippen LogP contribution in [0.5, 0.6) is 0 Å². The van der Waals surface area contributed by atoms with Crippen molar-refractivity contribution in [2.24, 2.45) is 0 Å². The predicted octanol–water partition coefficient (Wildman–Crippen LogP) is 1.73. The maximum absolute atomic E-state index is 11.1. The highest BCUT2D eigenvalue weighted by Crippen LogP contribution is 2.19. The lowest BCUT2D eigenvalue weighted by atomic mass is 10.2. The van der Waals surface area contributed by atoms with Crippen LogP contribution in [-0.2, 0) is 4.74 Å². The molecule has 1 N–H and O–H groups in total. The monoisotopic (exact) mass is 249 g/mol. The third kappa shape index (κ3) is 2.19. The Balaban J connectivity index is 2.42. The van der Waals surface area contributed by atoms with Gasteiger partial charge < -0.3 is 9.84 Å². The minimum atomic E-state index is -0.995. The van der Waals surface area contributed by atoms with Crippen LogP contribution in [0.3, 0.4) is 0 Å². The van der Waals surface area contributed by atoms with E-state index in [1.807, 2.05) is 19.9 Å². The molecule has 1 atom stereocenters. The van der Waals surface area contributed by atoms with Crippen LogP contribution in [0.15, 0.2) is 18.2 Å². The lowest BCUT2D eigenvalue weighted by Crippen LogP contribution is -2.13. The number of ether oxygens (including phenoxy) is 1. The Bertz CT molecular complexity index is 565. The highest BCUT2D eigenvalue weighted by atomic mass is 16.5. The first-order valence-corrected chi connectivity index (χ1v) is 5.80. The molecule has 2 rings (SSSR count). The molecule has 96 valence electrons. The number of hydrogen-bond donors (Lipinski definition) is 1. The Labute approximate surface area is 104 Å². The summed E-state index contributed by atoms with van der Waals surface area (Å²) in [5.41, 5.74) is 1.29. The Kier molecular flexibility index (Phi) is 3.57. The largest absolute Gasteiger partial charge is 0.478 e. The lowest BCUT2D eigenvalue weighted by Gasteiger charge is -2.12. The first-order chi connectivity index (χ1) is 8.65. The molecule has 6 heteroatoms. The van der Waals surface area contributed by atoms with E-state index in [2.05, 4.69) is 10.3 Å². The molecule has 0 bridgehead atoms. The summed E-state index contributed by atoms with van der Waals surface area (Å²) in [6.07, 6.45) is 0. The maximum Gasteiger partial charge on any atom is 0.338 e. The van der Waals surface area contributed by atoms with Crippen LogP contribution in [0.2, 0.25) is 0 Å². The number of carboxylic acids is 1. The second-order valence-electron chi connectivity index (χ2n) is 4.02. The molecule has 1 aromatic carbocycles. The van der Waals surface area contributed by atoms with Crippen molar-refractivity contribution in [2.45, 2.75) is 19.9 Å². The summed E-state index contributed by atoms with van der Waals surface area (Å²) in [5.74, 6) is -0.995. The fourth-order valence-corrected chi connectivity index (χ4v) is 1.82. The molecule has 1 heterocycles. The fraction of sp³-hybridized carbons (Fsp3) is 0.417. The molecule has 0 fully saturated rings. The Hall–Kier alpha value is -1.95. The van der Waals surface area contributed by atoms with E-state index in [0.29, 0.717) is 24.2 Å². The van der Waals surface area contributed by atoms with Crippen LogP contribution < -0.4 is 0 Å². The van der Waals surface area contributed by atoms with Gasteiger partial charge in [-0.25, -0.2) is 9.48 Å². The minimum absolute atomic E-state index is 0.0130. The van der Waals surface area contributed by atoms with Crippen molar-refractivity contribution >= 4 is 17.0 Å². The van der Waals surface area contributed by atoms with Gasteiger partial charge in [-0.2, -0.15) is 0 Å². The van der Waals surface area contributed by atoms with Gasteiger partial charge in [0, 0.05) is 6.61 Å². The van der Waals surface area contributed by atoms with Gasteiger partial charge in [0.25, 0.3) is 0 Å². The zero-order valence-corrected chi connectivity index (χ0v) is 10.3. The number of benzene rings is 1. The fourth-order valence-electron chi connectivity index (χ4n) is 1.82. The van der Waals surface area contributed by atoms with Crippen LogP contribution in [0, 0.1) is 0 Å². The highest BCUT2D eigenvalue weighted by molar-refractivity contribution is 6.00. The molecule has 0 amide bonds. The molecule has 6 nitrogen and oxygen atoms in total. The van der Waals surface area contributed by atoms with Gasteiger partial charge in [0.15, 0.2) is 0 Å². The third-order valence-electron chi connectivity index (χ3n) is 2.71. The van der Waals surface area contributed by atoms with Crippen LogP contribution in [-0.4, -0.2) is 39.3 Å². The molecule has 18 heavy (non-hydrogen) atoms. The molecular formula is C12H15N3O3. The maximum atomic E-state index is 11.1. The Morgan fingerprint density at radius 1 is 1.56 bits per heavy atom. The average molecular weight is 249 g/mol. The summed E-state index contributed by atoms with van der Waals surface area (Å²) < 4.78 is 7.03. The van der Waals surface area contributed by atoms with Crippen LogP contribution in [0.4, 0.5) is 0 Å². The van der Waals surface area contributed by atoms with Crippen molar-refractivity contribution in [3.05, 3.63) is 23.8 Å². The standard InChI is InChI=1S/C12H15N3O3/c1-3-18-7-8(2)15-10-6-4-5-9(12(16)17)11(10)13-14-15/h4-6,8H,3,7H2,1-2H3,(H,16,17). The number of hydrogen-bond acceptors (Lipinski definition) is 4.